The van der Waals surface area contributed by atoms with Crippen LogP contribution in [0.5, 0.6) is 0 Å². The van der Waals surface area contributed by atoms with Gasteiger partial charge in [-0.25, -0.2) is 9.59 Å². The molecule has 1 aromatic carbocycles. The van der Waals surface area contributed by atoms with Crippen molar-refractivity contribution in [3.8, 4) is 0 Å². The molecule has 200 valence electrons. The highest BCUT2D eigenvalue weighted by molar-refractivity contribution is 7.87. The molecule has 3 rings (SSSR count). The molecule has 1 aliphatic heterocycles. The van der Waals surface area contributed by atoms with E-state index in [-0.39, 0.29) is 13.1 Å². The van der Waals surface area contributed by atoms with Gasteiger partial charge in [-0.05, 0) is 85.1 Å². The van der Waals surface area contributed by atoms with E-state index in [4.69, 9.17) is 9.47 Å². The zero-order valence-corrected chi connectivity index (χ0v) is 23.2. The molecule has 0 spiro atoms. The summed E-state index contributed by atoms with van der Waals surface area (Å²) in [5.74, 6) is 0. The van der Waals surface area contributed by atoms with Gasteiger partial charge >= 0.3 is 22.4 Å². The summed E-state index contributed by atoms with van der Waals surface area (Å²) in [6, 6.07) is 5.70. The second kappa shape index (κ2) is 9.59. The van der Waals surface area contributed by atoms with Gasteiger partial charge in [0.15, 0.2) is 0 Å². The second-order valence-electron chi connectivity index (χ2n) is 11.7. The van der Waals surface area contributed by atoms with Crippen LogP contribution in [-0.2, 0) is 32.6 Å². The standard InChI is InChI=1S/C25H38N4O6S/c1-23(2,3)34-21(30)26-12-11-18-14-27-20-10-9-17(13-19(18)20)15-29-25(7,8)16-28(36(29,32)33)22(31)35-24(4,5)6/h9-10,13-14,27H,11-12,15-16H2,1-8H3,(H,26,30). The first-order valence-corrected chi connectivity index (χ1v) is 13.4. The number of carbonyl (C=O) groups is 2. The van der Waals surface area contributed by atoms with Gasteiger partial charge < -0.3 is 19.8 Å². The molecule has 0 atom stereocenters. The number of H-pyrrole nitrogens is 1. The van der Waals surface area contributed by atoms with Crippen LogP contribution >= 0.6 is 0 Å². The minimum Gasteiger partial charge on any atom is -0.444 e. The molecule has 1 aliphatic rings. The fraction of sp³-hybridized carbons (Fsp3) is 0.600. The highest BCUT2D eigenvalue weighted by Crippen LogP contribution is 2.34. The van der Waals surface area contributed by atoms with E-state index in [2.05, 4.69) is 10.3 Å². The lowest BCUT2D eigenvalue weighted by Crippen LogP contribution is -2.42. The summed E-state index contributed by atoms with van der Waals surface area (Å²) in [7, 11) is -4.07. The van der Waals surface area contributed by atoms with E-state index >= 15 is 0 Å². The molecule has 2 aromatic rings. The number of benzene rings is 1. The fourth-order valence-electron chi connectivity index (χ4n) is 4.02. The van der Waals surface area contributed by atoms with Crippen LogP contribution in [0.3, 0.4) is 0 Å². The quantitative estimate of drug-likeness (QED) is 0.604. The topological polar surface area (TPSA) is 121 Å². The highest BCUT2D eigenvalue weighted by Gasteiger charge is 2.52. The number of aromatic nitrogens is 1. The monoisotopic (exact) mass is 522 g/mol. The molecule has 2 heterocycles. The molecule has 0 unspecified atom stereocenters. The third-order valence-electron chi connectivity index (χ3n) is 5.58. The summed E-state index contributed by atoms with van der Waals surface area (Å²) < 4.78 is 39.4. The number of ether oxygens (including phenoxy) is 2. The van der Waals surface area contributed by atoms with E-state index in [1.807, 2.05) is 45.2 Å². The van der Waals surface area contributed by atoms with Gasteiger partial charge in [-0.2, -0.15) is 17.0 Å². The van der Waals surface area contributed by atoms with Gasteiger partial charge in [0, 0.05) is 30.2 Å². The van der Waals surface area contributed by atoms with Crippen molar-refractivity contribution in [2.75, 3.05) is 13.1 Å². The van der Waals surface area contributed by atoms with Gasteiger partial charge in [0.05, 0.1) is 12.1 Å². The van der Waals surface area contributed by atoms with Crippen LogP contribution in [0.4, 0.5) is 9.59 Å². The molecule has 0 aliphatic carbocycles. The summed E-state index contributed by atoms with van der Waals surface area (Å²) in [5, 5.41) is 3.70. The summed E-state index contributed by atoms with van der Waals surface area (Å²) in [6.45, 7) is 14.6. The number of amides is 2. The normalized spacial score (nSPS) is 17.8. The fourth-order valence-corrected chi connectivity index (χ4v) is 5.96. The van der Waals surface area contributed by atoms with E-state index in [9.17, 15) is 18.0 Å². The molecule has 2 N–H and O–H groups in total. The SMILES string of the molecule is CC(C)(C)OC(=O)NCCc1c[nH]c2ccc(CN3C(C)(C)CN(C(=O)OC(C)(C)C)S3(=O)=O)cc12. The van der Waals surface area contributed by atoms with E-state index < -0.39 is 39.1 Å². The van der Waals surface area contributed by atoms with Crippen LogP contribution in [0.2, 0.25) is 0 Å². The zero-order chi connectivity index (χ0) is 27.1. The van der Waals surface area contributed by atoms with Crippen LogP contribution in [0.1, 0.15) is 66.5 Å². The first-order valence-electron chi connectivity index (χ1n) is 12.0. The lowest BCUT2D eigenvalue weighted by molar-refractivity contribution is 0.0386. The maximum absolute atomic E-state index is 13.3. The Kier molecular flexibility index (Phi) is 7.40. The predicted molar refractivity (Wildman–Crippen MR) is 138 cm³/mol. The number of alkyl carbamates (subject to hydrolysis) is 1. The number of nitrogens with zero attached hydrogens (tertiary/aromatic N) is 2. The van der Waals surface area contributed by atoms with Crippen molar-refractivity contribution < 1.29 is 27.5 Å². The molecule has 0 saturated carbocycles. The molecule has 1 aromatic heterocycles. The number of aromatic amines is 1. The molecule has 1 saturated heterocycles. The smallest absolute Gasteiger partial charge is 0.425 e. The molecule has 0 bridgehead atoms. The van der Waals surface area contributed by atoms with Crippen LogP contribution in [-0.4, -0.2) is 64.0 Å². The van der Waals surface area contributed by atoms with Crippen molar-refractivity contribution in [3.63, 3.8) is 0 Å². The van der Waals surface area contributed by atoms with Gasteiger partial charge in [-0.15, -0.1) is 0 Å². The Morgan fingerprint density at radius 3 is 2.33 bits per heavy atom. The Balaban J connectivity index is 1.76. The van der Waals surface area contributed by atoms with Gasteiger partial charge in [-0.1, -0.05) is 6.07 Å². The van der Waals surface area contributed by atoms with E-state index in [0.717, 1.165) is 26.3 Å². The summed E-state index contributed by atoms with van der Waals surface area (Å²) in [6.07, 6.45) is 1.10. The van der Waals surface area contributed by atoms with Gasteiger partial charge in [0.1, 0.15) is 11.2 Å². The number of nitrogens with one attached hydrogen (secondary N) is 2. The Labute approximate surface area is 213 Å². The van der Waals surface area contributed by atoms with Crippen LogP contribution in [0.15, 0.2) is 24.4 Å². The van der Waals surface area contributed by atoms with Crippen molar-refractivity contribution in [2.24, 2.45) is 0 Å². The second-order valence-corrected chi connectivity index (χ2v) is 13.5. The molecule has 36 heavy (non-hydrogen) atoms. The first-order chi connectivity index (χ1) is 16.4. The minimum absolute atomic E-state index is 0.00176. The largest absolute Gasteiger partial charge is 0.444 e. The number of rotatable bonds is 5. The number of carbonyl (C=O) groups excluding carboxylic acids is 2. The first kappa shape index (κ1) is 27.8. The lowest BCUT2D eigenvalue weighted by atomic mass is 10.0. The molecular formula is C25H38N4O6S. The van der Waals surface area contributed by atoms with Gasteiger partial charge in [-0.3, -0.25) is 0 Å². The van der Waals surface area contributed by atoms with Gasteiger partial charge in [0.25, 0.3) is 0 Å². The Bertz CT molecular complexity index is 1240. The third-order valence-corrected chi connectivity index (χ3v) is 7.60. The molecular weight excluding hydrogens is 484 g/mol. The predicted octanol–water partition coefficient (Wildman–Crippen LogP) is 4.31. The average Bonchev–Trinajstić information content (AvgIpc) is 3.16. The molecule has 1 fully saturated rings. The van der Waals surface area contributed by atoms with E-state index in [1.165, 1.54) is 4.31 Å². The summed E-state index contributed by atoms with van der Waals surface area (Å²) in [5.41, 5.74) is 0.488. The van der Waals surface area contributed by atoms with Crippen molar-refractivity contribution in [1.29, 1.82) is 0 Å². The zero-order valence-electron chi connectivity index (χ0n) is 22.4. The van der Waals surface area contributed by atoms with Crippen LogP contribution in [0.25, 0.3) is 10.9 Å². The van der Waals surface area contributed by atoms with Crippen molar-refractivity contribution in [1.82, 2.24) is 18.9 Å². The lowest BCUT2D eigenvalue weighted by Gasteiger charge is -2.27. The van der Waals surface area contributed by atoms with E-state index in [0.29, 0.717) is 13.0 Å². The van der Waals surface area contributed by atoms with Crippen molar-refractivity contribution in [2.45, 2.75) is 85.1 Å². The van der Waals surface area contributed by atoms with Crippen LogP contribution < -0.4 is 5.32 Å². The number of hydrogen-bond donors (Lipinski definition) is 2. The summed E-state index contributed by atoms with van der Waals surface area (Å²) in [4.78, 5) is 27.8. The molecule has 0 radical (unpaired) electrons. The average molecular weight is 523 g/mol. The van der Waals surface area contributed by atoms with Crippen molar-refractivity contribution >= 4 is 33.3 Å². The van der Waals surface area contributed by atoms with E-state index in [1.54, 1.807) is 34.6 Å². The highest BCUT2D eigenvalue weighted by atomic mass is 32.2. The number of hydrogen-bond acceptors (Lipinski definition) is 6. The minimum atomic E-state index is -4.07. The van der Waals surface area contributed by atoms with Gasteiger partial charge in [0.2, 0.25) is 0 Å². The Morgan fingerprint density at radius 2 is 1.72 bits per heavy atom. The Hall–Kier alpha value is -2.79. The Morgan fingerprint density at radius 1 is 1.08 bits per heavy atom. The maximum Gasteiger partial charge on any atom is 0.425 e. The molecule has 11 heteroatoms. The molecule has 2 amide bonds. The summed E-state index contributed by atoms with van der Waals surface area (Å²) >= 11 is 0. The van der Waals surface area contributed by atoms with Crippen LogP contribution in [0, 0.1) is 0 Å². The van der Waals surface area contributed by atoms with Crippen molar-refractivity contribution in [3.05, 3.63) is 35.5 Å². The third kappa shape index (κ3) is 6.50. The maximum atomic E-state index is 13.3. The molecule has 10 nitrogen and oxygen atoms in total. The number of fused-ring (bicyclic) bond motifs is 1.